The summed E-state index contributed by atoms with van der Waals surface area (Å²) in [5, 5.41) is 7.61. The molecule has 14 heteroatoms. The summed E-state index contributed by atoms with van der Waals surface area (Å²) in [6.45, 7) is 8.16. The van der Waals surface area contributed by atoms with E-state index >= 15 is 0 Å². The number of carbonyl (C=O) groups is 1. The van der Waals surface area contributed by atoms with Gasteiger partial charge in [-0.05, 0) is 23.3 Å². The van der Waals surface area contributed by atoms with Crippen LogP contribution in [-0.2, 0) is 23.4 Å². The second kappa shape index (κ2) is 15.9. The number of ether oxygens (including phenoxy) is 3. The molecule has 1 fully saturated rings. The third-order valence-electron chi connectivity index (χ3n) is 7.67. The predicted octanol–water partition coefficient (Wildman–Crippen LogP) is 6.23. The number of anilines is 3. The molecule has 1 aromatic heterocycles. The number of aromatic nitrogens is 2. The second-order valence-electron chi connectivity index (χ2n) is 13.0. The van der Waals surface area contributed by atoms with Gasteiger partial charge in [0.2, 0.25) is 11.8 Å². The molecule has 2 aliphatic heterocycles. The van der Waals surface area contributed by atoms with E-state index < -0.39 is 19.8 Å². The van der Waals surface area contributed by atoms with Crippen LogP contribution in [0.25, 0.3) is 10.8 Å². The van der Waals surface area contributed by atoms with Gasteiger partial charge in [-0.2, -0.15) is 9.97 Å². The minimum atomic E-state index is -4.06. The third kappa shape index (κ3) is 9.60. The number of fused-ring (bicyclic) bond motifs is 2. The highest BCUT2D eigenvalue weighted by Crippen LogP contribution is 2.47. The topological polar surface area (TPSA) is 159 Å². The van der Waals surface area contributed by atoms with Crippen molar-refractivity contribution in [2.75, 3.05) is 49.5 Å². The summed E-state index contributed by atoms with van der Waals surface area (Å²) in [6.07, 6.45) is -0.153. The Kier molecular flexibility index (Phi) is 11.6. The highest BCUT2D eigenvalue weighted by atomic mass is 31.2. The number of carbonyl (C=O) groups excluding carboxylic acids is 1. The van der Waals surface area contributed by atoms with Gasteiger partial charge in [0.05, 0.1) is 33.1 Å². The number of nitrogens with one attached hydrogen (secondary N) is 2. The Morgan fingerprint density at radius 1 is 1.06 bits per heavy atom. The zero-order valence-electron chi connectivity index (χ0n) is 28.5. The number of nitrogen functional groups attached to an aromatic ring is 1. The molecule has 4 atom stereocenters. The molecule has 2 aliphatic rings. The van der Waals surface area contributed by atoms with Gasteiger partial charge in [-0.15, -0.1) is 0 Å². The van der Waals surface area contributed by atoms with Gasteiger partial charge in [0.25, 0.3) is 0 Å². The molecule has 0 saturated carbocycles. The summed E-state index contributed by atoms with van der Waals surface area (Å²) in [5.74, 6) is 0.900. The third-order valence-corrected chi connectivity index (χ3v) is 9.15. The van der Waals surface area contributed by atoms with Crippen molar-refractivity contribution in [1.82, 2.24) is 15.1 Å². The Morgan fingerprint density at radius 2 is 1.76 bits per heavy atom. The first kappa shape index (κ1) is 35.9. The van der Waals surface area contributed by atoms with E-state index in [0.717, 1.165) is 10.8 Å². The number of esters is 1. The molecule has 4 N–H and O–H groups in total. The molecule has 3 aromatic carbocycles. The molecule has 6 rings (SSSR count). The smallest absolute Gasteiger partial charge is 0.459 e. The molecule has 1 saturated heterocycles. The van der Waals surface area contributed by atoms with E-state index in [0.29, 0.717) is 36.2 Å². The normalized spacial score (nSPS) is 19.6. The lowest BCUT2D eigenvalue weighted by Crippen LogP contribution is -2.39. The van der Waals surface area contributed by atoms with Crippen molar-refractivity contribution in [3.63, 3.8) is 0 Å². The molecule has 0 spiro atoms. The van der Waals surface area contributed by atoms with Crippen LogP contribution < -0.4 is 30.3 Å². The van der Waals surface area contributed by atoms with Crippen LogP contribution in [0.1, 0.15) is 34.1 Å². The first-order valence-corrected chi connectivity index (χ1v) is 17.7. The quantitative estimate of drug-likeness (QED) is 0.120. The molecule has 0 radical (unpaired) electrons. The fourth-order valence-corrected chi connectivity index (χ4v) is 6.71. The van der Waals surface area contributed by atoms with E-state index in [4.69, 9.17) is 29.0 Å². The predicted molar refractivity (Wildman–Crippen MR) is 189 cm³/mol. The molecule has 3 heterocycles. The van der Waals surface area contributed by atoms with Gasteiger partial charge in [0.1, 0.15) is 24.2 Å². The Hall–Kier alpha value is -4.42. The molecule has 13 nitrogen and oxygen atoms in total. The van der Waals surface area contributed by atoms with Crippen LogP contribution in [-0.4, -0.2) is 61.8 Å². The van der Waals surface area contributed by atoms with Crippen molar-refractivity contribution in [3.05, 3.63) is 78.9 Å². The Morgan fingerprint density at radius 3 is 2.45 bits per heavy atom. The van der Waals surface area contributed by atoms with Crippen LogP contribution in [0.2, 0.25) is 0 Å². The second-order valence-corrected chi connectivity index (χ2v) is 14.8. The van der Waals surface area contributed by atoms with Crippen LogP contribution in [0.5, 0.6) is 11.6 Å². The monoisotopic (exact) mass is 692 g/mol. The van der Waals surface area contributed by atoms with Crippen LogP contribution in [0.15, 0.2) is 78.9 Å². The molecule has 4 aromatic rings. The van der Waals surface area contributed by atoms with Crippen LogP contribution in [0, 0.1) is 11.3 Å². The van der Waals surface area contributed by atoms with Gasteiger partial charge in [-0.25, -0.2) is 9.65 Å². The Bertz CT molecular complexity index is 1720. The number of nitrogens with two attached hydrogens (primary N) is 1. The molecule has 0 bridgehead atoms. The van der Waals surface area contributed by atoms with Crippen molar-refractivity contribution in [2.45, 2.75) is 46.4 Å². The van der Waals surface area contributed by atoms with Crippen molar-refractivity contribution in [2.24, 2.45) is 11.3 Å². The van der Waals surface area contributed by atoms with Gasteiger partial charge in [0.15, 0.2) is 5.82 Å². The van der Waals surface area contributed by atoms with E-state index in [2.05, 4.69) is 27.3 Å². The lowest BCUT2D eigenvalue weighted by molar-refractivity contribution is -0.145. The summed E-state index contributed by atoms with van der Waals surface area (Å²) < 4.78 is 43.1. The molecule has 4 unspecified atom stereocenters. The standard InChI is InChI=1S/C29H39N6O7P.C6H6/c1-18-13-20(41-27(18)35-17-31-24-25(35)33-28(30)34-26(24)38-5)15-40-43(37,32-14-23(36)39-16-29(2,3)4)42-22-12-8-10-19-9-6-7-11-21(19)22;1-2-4-6-5-3-1/h6-12,18,20,27,31H,13-17H2,1-5H3,(H,32,37)(H2,30,33,34);1-6H. The summed E-state index contributed by atoms with van der Waals surface area (Å²) in [7, 11) is -2.54. The van der Waals surface area contributed by atoms with Crippen molar-refractivity contribution < 1.29 is 32.6 Å². The summed E-state index contributed by atoms with van der Waals surface area (Å²) in [5.41, 5.74) is 6.34. The largest absolute Gasteiger partial charge is 0.479 e. The molecular formula is C35H45N6O7P. The average molecular weight is 693 g/mol. The fraction of sp³-hybridized carbons (Fsp3) is 0.400. The lowest BCUT2D eigenvalue weighted by atomic mass is 9.99. The number of rotatable bonds is 11. The minimum absolute atomic E-state index is 0.0454. The van der Waals surface area contributed by atoms with Crippen molar-refractivity contribution in [1.29, 1.82) is 0 Å². The van der Waals surface area contributed by atoms with E-state index in [9.17, 15) is 9.36 Å². The highest BCUT2D eigenvalue weighted by molar-refractivity contribution is 7.52. The summed E-state index contributed by atoms with van der Waals surface area (Å²) in [6, 6.07) is 25.0. The van der Waals surface area contributed by atoms with Crippen LogP contribution in [0.4, 0.5) is 17.5 Å². The maximum absolute atomic E-state index is 14.1. The Labute approximate surface area is 287 Å². The van der Waals surface area contributed by atoms with Crippen molar-refractivity contribution >= 4 is 41.9 Å². The molecular weight excluding hydrogens is 647 g/mol. The van der Waals surface area contributed by atoms with Crippen LogP contribution in [0.3, 0.4) is 0 Å². The SMILES string of the molecule is COc1nc(N)nc2c1NCN2C1OC(COP(=O)(NCC(=O)OCC(C)(C)C)Oc2cccc3ccccc23)CC1C.c1ccccc1. The lowest BCUT2D eigenvalue weighted by Gasteiger charge is -2.28. The molecule has 0 aliphatic carbocycles. The van der Waals surface area contributed by atoms with Gasteiger partial charge in [-0.3, -0.25) is 9.32 Å². The minimum Gasteiger partial charge on any atom is -0.479 e. The maximum Gasteiger partial charge on any atom is 0.459 e. The van der Waals surface area contributed by atoms with E-state index in [1.165, 1.54) is 7.11 Å². The number of nitrogens with zero attached hydrogens (tertiary/aromatic N) is 3. The molecule has 0 amide bonds. The Balaban J connectivity index is 0.000000704. The van der Waals surface area contributed by atoms with Gasteiger partial charge >= 0.3 is 13.7 Å². The van der Waals surface area contributed by atoms with Gasteiger partial charge in [-0.1, -0.05) is 100 Å². The number of hydrogen-bond donors (Lipinski definition) is 3. The number of benzene rings is 3. The van der Waals surface area contributed by atoms with Crippen LogP contribution >= 0.6 is 7.75 Å². The molecule has 49 heavy (non-hydrogen) atoms. The first-order chi connectivity index (χ1) is 23.4. The average Bonchev–Trinajstić information content (AvgIpc) is 3.68. The maximum atomic E-state index is 14.1. The fourth-order valence-electron chi connectivity index (χ4n) is 5.40. The summed E-state index contributed by atoms with van der Waals surface area (Å²) >= 11 is 0. The van der Waals surface area contributed by atoms with Gasteiger partial charge < -0.3 is 34.7 Å². The number of hydrogen-bond acceptors (Lipinski definition) is 12. The van der Waals surface area contributed by atoms with Crippen molar-refractivity contribution in [3.8, 4) is 11.6 Å². The number of methoxy groups -OCH3 is 1. The molecule has 262 valence electrons. The van der Waals surface area contributed by atoms with E-state index in [1.54, 1.807) is 12.1 Å². The zero-order chi connectivity index (χ0) is 35.0. The first-order valence-electron chi connectivity index (χ1n) is 16.1. The highest BCUT2D eigenvalue weighted by Gasteiger charge is 2.42. The summed E-state index contributed by atoms with van der Waals surface area (Å²) in [4.78, 5) is 23.0. The van der Waals surface area contributed by atoms with E-state index in [1.807, 2.05) is 92.4 Å². The zero-order valence-corrected chi connectivity index (χ0v) is 29.4. The van der Waals surface area contributed by atoms with Gasteiger partial charge in [0, 0.05) is 11.3 Å². The van der Waals surface area contributed by atoms with E-state index in [-0.39, 0.29) is 43.3 Å².